The van der Waals surface area contributed by atoms with E-state index in [1.807, 2.05) is 13.2 Å². The molecule has 1 aromatic rings. The zero-order valence-electron chi connectivity index (χ0n) is 8.67. The standard InChI is InChI=1S/C10H13NO3S/c1-8(14-7-15-2)9-5-3-4-6-10(9)11(12)13/h3-6,8H,7H2,1-2H3. The second-order valence-corrected chi connectivity index (χ2v) is 3.84. The molecule has 0 spiro atoms. The summed E-state index contributed by atoms with van der Waals surface area (Å²) >= 11 is 1.55. The summed E-state index contributed by atoms with van der Waals surface area (Å²) in [7, 11) is 0. The van der Waals surface area contributed by atoms with Gasteiger partial charge in [-0.3, -0.25) is 10.1 Å². The van der Waals surface area contributed by atoms with Gasteiger partial charge in [0.2, 0.25) is 0 Å². The van der Waals surface area contributed by atoms with Crippen LogP contribution in [-0.2, 0) is 4.74 Å². The molecule has 0 bridgehead atoms. The minimum Gasteiger partial charge on any atom is -0.363 e. The Bertz CT molecular complexity index is 343. The lowest BCUT2D eigenvalue weighted by molar-refractivity contribution is -0.386. The molecule has 0 aliphatic rings. The summed E-state index contributed by atoms with van der Waals surface area (Å²) in [5, 5.41) is 10.7. The molecule has 1 unspecified atom stereocenters. The highest BCUT2D eigenvalue weighted by molar-refractivity contribution is 7.98. The van der Waals surface area contributed by atoms with Gasteiger partial charge in [0.1, 0.15) is 0 Å². The van der Waals surface area contributed by atoms with Crippen molar-refractivity contribution in [2.24, 2.45) is 0 Å². The number of rotatable bonds is 5. The van der Waals surface area contributed by atoms with Crippen LogP contribution in [-0.4, -0.2) is 17.1 Å². The lowest BCUT2D eigenvalue weighted by atomic mass is 10.1. The van der Waals surface area contributed by atoms with Gasteiger partial charge in [-0.15, -0.1) is 11.8 Å². The molecular formula is C10H13NO3S. The smallest absolute Gasteiger partial charge is 0.275 e. The summed E-state index contributed by atoms with van der Waals surface area (Å²) in [5.74, 6) is 0.535. The van der Waals surface area contributed by atoms with Gasteiger partial charge in [-0.1, -0.05) is 12.1 Å². The van der Waals surface area contributed by atoms with Gasteiger partial charge < -0.3 is 4.74 Å². The Morgan fingerprint density at radius 3 is 2.80 bits per heavy atom. The molecule has 1 rings (SSSR count). The number of nitrogens with zero attached hydrogens (tertiary/aromatic N) is 1. The van der Waals surface area contributed by atoms with Crippen LogP contribution >= 0.6 is 11.8 Å². The number of hydrogen-bond donors (Lipinski definition) is 0. The van der Waals surface area contributed by atoms with Crippen LogP contribution in [0.25, 0.3) is 0 Å². The Hall–Kier alpha value is -1.07. The molecule has 1 atom stereocenters. The molecule has 15 heavy (non-hydrogen) atoms. The van der Waals surface area contributed by atoms with Crippen LogP contribution in [0.15, 0.2) is 24.3 Å². The average molecular weight is 227 g/mol. The van der Waals surface area contributed by atoms with E-state index in [-0.39, 0.29) is 16.7 Å². The van der Waals surface area contributed by atoms with Crippen LogP contribution in [0.4, 0.5) is 5.69 Å². The van der Waals surface area contributed by atoms with Crippen LogP contribution in [0.3, 0.4) is 0 Å². The third-order valence-electron chi connectivity index (χ3n) is 2.01. The van der Waals surface area contributed by atoms with Crippen molar-refractivity contribution in [1.29, 1.82) is 0 Å². The van der Waals surface area contributed by atoms with E-state index < -0.39 is 0 Å². The number of para-hydroxylation sites is 1. The molecule has 0 aliphatic heterocycles. The fourth-order valence-electron chi connectivity index (χ4n) is 1.26. The first-order valence-corrected chi connectivity index (χ1v) is 5.90. The van der Waals surface area contributed by atoms with Gasteiger partial charge in [0.25, 0.3) is 5.69 Å². The van der Waals surface area contributed by atoms with Crippen LogP contribution < -0.4 is 0 Å². The van der Waals surface area contributed by atoms with Crippen molar-refractivity contribution < 1.29 is 9.66 Å². The highest BCUT2D eigenvalue weighted by atomic mass is 32.2. The quantitative estimate of drug-likeness (QED) is 0.441. The summed E-state index contributed by atoms with van der Waals surface area (Å²) in [6.07, 6.45) is 1.67. The van der Waals surface area contributed by atoms with E-state index in [4.69, 9.17) is 4.74 Å². The molecule has 0 amide bonds. The largest absolute Gasteiger partial charge is 0.363 e. The molecule has 1 aromatic carbocycles. The summed E-state index contributed by atoms with van der Waals surface area (Å²) in [5.41, 5.74) is 0.739. The van der Waals surface area contributed by atoms with Gasteiger partial charge >= 0.3 is 0 Å². The van der Waals surface area contributed by atoms with E-state index in [1.54, 1.807) is 30.0 Å². The molecule has 0 saturated carbocycles. The number of benzene rings is 1. The minimum atomic E-state index is -0.381. The highest BCUT2D eigenvalue weighted by Crippen LogP contribution is 2.27. The lowest BCUT2D eigenvalue weighted by Gasteiger charge is -2.12. The maximum atomic E-state index is 10.7. The number of nitro groups is 1. The van der Waals surface area contributed by atoms with E-state index in [0.29, 0.717) is 11.5 Å². The molecule has 82 valence electrons. The molecule has 0 aliphatic carbocycles. The molecular weight excluding hydrogens is 214 g/mol. The number of ether oxygens (including phenoxy) is 1. The van der Waals surface area contributed by atoms with E-state index in [2.05, 4.69) is 0 Å². The minimum absolute atomic E-state index is 0.117. The van der Waals surface area contributed by atoms with Crippen LogP contribution in [0.2, 0.25) is 0 Å². The SMILES string of the molecule is CSCOC(C)c1ccccc1[N+](=O)[O-]. The Kier molecular flexibility index (Phi) is 4.58. The number of nitro benzene ring substituents is 1. The van der Waals surface area contributed by atoms with Gasteiger partial charge in [0, 0.05) is 6.07 Å². The molecule has 5 heteroatoms. The van der Waals surface area contributed by atoms with E-state index in [1.165, 1.54) is 6.07 Å². The van der Waals surface area contributed by atoms with Gasteiger partial charge in [-0.2, -0.15) is 0 Å². The molecule has 4 nitrogen and oxygen atoms in total. The number of thioether (sulfide) groups is 1. The monoisotopic (exact) mass is 227 g/mol. The fourth-order valence-corrected chi connectivity index (χ4v) is 1.60. The zero-order valence-corrected chi connectivity index (χ0v) is 9.49. The lowest BCUT2D eigenvalue weighted by Crippen LogP contribution is -2.03. The van der Waals surface area contributed by atoms with Crippen LogP contribution in [0.1, 0.15) is 18.6 Å². The predicted molar refractivity (Wildman–Crippen MR) is 61.0 cm³/mol. The Morgan fingerprint density at radius 2 is 2.20 bits per heavy atom. The molecule has 0 aromatic heterocycles. The summed E-state index contributed by atoms with van der Waals surface area (Å²) < 4.78 is 5.43. The van der Waals surface area contributed by atoms with Gasteiger partial charge in [-0.25, -0.2) is 0 Å². The fraction of sp³-hybridized carbons (Fsp3) is 0.400. The third-order valence-corrected chi connectivity index (χ3v) is 2.38. The van der Waals surface area contributed by atoms with Crippen molar-refractivity contribution in [2.75, 3.05) is 12.2 Å². The van der Waals surface area contributed by atoms with Crippen molar-refractivity contribution in [2.45, 2.75) is 13.0 Å². The van der Waals surface area contributed by atoms with E-state index in [9.17, 15) is 10.1 Å². The van der Waals surface area contributed by atoms with Crippen molar-refractivity contribution in [1.82, 2.24) is 0 Å². The number of hydrogen-bond acceptors (Lipinski definition) is 4. The first kappa shape index (κ1) is 12.0. The highest BCUT2D eigenvalue weighted by Gasteiger charge is 2.17. The van der Waals surface area contributed by atoms with Crippen molar-refractivity contribution in [3.8, 4) is 0 Å². The normalized spacial score (nSPS) is 12.4. The maximum absolute atomic E-state index is 10.7. The van der Waals surface area contributed by atoms with Gasteiger partial charge in [0.05, 0.1) is 22.5 Å². The first-order valence-electron chi connectivity index (χ1n) is 4.50. The van der Waals surface area contributed by atoms with Crippen molar-refractivity contribution in [3.05, 3.63) is 39.9 Å². The first-order chi connectivity index (χ1) is 7.16. The summed E-state index contributed by atoms with van der Waals surface area (Å²) in [4.78, 5) is 10.4. The summed E-state index contributed by atoms with van der Waals surface area (Å²) in [6.45, 7) is 1.82. The van der Waals surface area contributed by atoms with E-state index in [0.717, 1.165) is 0 Å². The second kappa shape index (κ2) is 5.72. The molecule has 0 radical (unpaired) electrons. The Morgan fingerprint density at radius 1 is 1.53 bits per heavy atom. The molecule has 0 heterocycles. The van der Waals surface area contributed by atoms with Crippen molar-refractivity contribution in [3.63, 3.8) is 0 Å². The van der Waals surface area contributed by atoms with E-state index >= 15 is 0 Å². The average Bonchev–Trinajstić information content (AvgIpc) is 2.25. The maximum Gasteiger partial charge on any atom is 0.275 e. The van der Waals surface area contributed by atoms with Gasteiger partial charge in [0.15, 0.2) is 0 Å². The Balaban J connectivity index is 2.87. The molecule has 0 N–H and O–H groups in total. The van der Waals surface area contributed by atoms with Gasteiger partial charge in [-0.05, 0) is 19.2 Å². The van der Waals surface area contributed by atoms with Crippen molar-refractivity contribution >= 4 is 17.4 Å². The second-order valence-electron chi connectivity index (χ2n) is 3.03. The Labute approximate surface area is 92.8 Å². The van der Waals surface area contributed by atoms with Crippen LogP contribution in [0, 0.1) is 10.1 Å². The zero-order chi connectivity index (χ0) is 11.3. The predicted octanol–water partition coefficient (Wildman–Crippen LogP) is 2.99. The molecule has 0 saturated heterocycles. The summed E-state index contributed by atoms with van der Waals surface area (Å²) in [6, 6.07) is 6.65. The molecule has 0 fully saturated rings. The van der Waals surface area contributed by atoms with Crippen LogP contribution in [0.5, 0.6) is 0 Å². The topological polar surface area (TPSA) is 52.4 Å². The third kappa shape index (κ3) is 3.21.